The van der Waals surface area contributed by atoms with Crippen molar-refractivity contribution >= 4 is 17.5 Å². The highest BCUT2D eigenvalue weighted by atomic mass is 35.5. The van der Waals surface area contributed by atoms with Crippen LogP contribution in [0, 0.1) is 5.41 Å². The van der Waals surface area contributed by atoms with Crippen LogP contribution in [0.25, 0.3) is 17.1 Å². The van der Waals surface area contributed by atoms with Gasteiger partial charge in [0.1, 0.15) is 5.69 Å². The van der Waals surface area contributed by atoms with Gasteiger partial charge in [-0.05, 0) is 42.3 Å². The third-order valence-electron chi connectivity index (χ3n) is 4.32. The van der Waals surface area contributed by atoms with Crippen molar-refractivity contribution in [2.24, 2.45) is 11.1 Å². The van der Waals surface area contributed by atoms with E-state index >= 15 is 0 Å². The zero-order valence-corrected chi connectivity index (χ0v) is 16.4. The Morgan fingerprint density at radius 2 is 2.07 bits per heavy atom. The van der Waals surface area contributed by atoms with E-state index in [-0.39, 0.29) is 11.3 Å². The van der Waals surface area contributed by atoms with Crippen LogP contribution < -0.4 is 5.73 Å². The average Bonchev–Trinajstić information content (AvgIpc) is 3.30. The quantitative estimate of drug-likeness (QED) is 0.698. The molecule has 6 nitrogen and oxygen atoms in total. The average molecular weight is 387 g/mol. The van der Waals surface area contributed by atoms with E-state index < -0.39 is 0 Å². The zero-order valence-electron chi connectivity index (χ0n) is 15.6. The number of aromatic nitrogens is 2. The van der Waals surface area contributed by atoms with Crippen LogP contribution in [0.5, 0.6) is 0 Å². The molecule has 0 aliphatic rings. The summed E-state index contributed by atoms with van der Waals surface area (Å²) in [6, 6.07) is 12.6. The first-order valence-corrected chi connectivity index (χ1v) is 9.04. The predicted molar refractivity (Wildman–Crippen MR) is 106 cm³/mol. The molecule has 0 atom stereocenters. The van der Waals surface area contributed by atoms with Gasteiger partial charge >= 0.3 is 0 Å². The van der Waals surface area contributed by atoms with E-state index in [1.807, 2.05) is 32.0 Å². The van der Waals surface area contributed by atoms with E-state index in [0.29, 0.717) is 35.3 Å². The number of carbonyl (C=O) groups excluding carboxylic acids is 1. The Labute approximate surface area is 163 Å². The number of nitrogens with zero attached hydrogens (tertiary/aromatic N) is 3. The Morgan fingerprint density at radius 1 is 1.30 bits per heavy atom. The molecule has 3 aromatic rings. The Balaban J connectivity index is 2.00. The van der Waals surface area contributed by atoms with Gasteiger partial charge in [0.15, 0.2) is 11.5 Å². The van der Waals surface area contributed by atoms with Gasteiger partial charge in [-0.25, -0.2) is 4.68 Å². The van der Waals surface area contributed by atoms with E-state index in [1.165, 1.54) is 0 Å². The second-order valence-electron chi connectivity index (χ2n) is 7.31. The van der Waals surface area contributed by atoms with Crippen molar-refractivity contribution in [2.45, 2.75) is 13.8 Å². The number of benzene rings is 1. The minimum Gasteiger partial charge on any atom is -0.463 e. The Hall–Kier alpha value is -2.57. The molecule has 142 valence electrons. The first-order valence-electron chi connectivity index (χ1n) is 8.66. The molecule has 1 amide bonds. The summed E-state index contributed by atoms with van der Waals surface area (Å²) in [7, 11) is 1.75. The molecule has 2 N–H and O–H groups in total. The maximum absolute atomic E-state index is 12.9. The fourth-order valence-corrected chi connectivity index (χ4v) is 3.05. The highest BCUT2D eigenvalue weighted by Gasteiger charge is 2.25. The van der Waals surface area contributed by atoms with E-state index in [9.17, 15) is 4.79 Å². The van der Waals surface area contributed by atoms with Gasteiger partial charge in [-0.15, -0.1) is 0 Å². The minimum atomic E-state index is -0.177. The minimum absolute atomic E-state index is 0.176. The summed E-state index contributed by atoms with van der Waals surface area (Å²) in [6.07, 6.45) is 1.59. The van der Waals surface area contributed by atoms with Crippen molar-refractivity contribution in [1.82, 2.24) is 14.7 Å². The fraction of sp³-hybridized carbons (Fsp3) is 0.300. The van der Waals surface area contributed by atoms with E-state index in [2.05, 4.69) is 5.10 Å². The first kappa shape index (κ1) is 19.2. The summed E-state index contributed by atoms with van der Waals surface area (Å²) >= 11 is 6.13. The molecule has 7 heteroatoms. The number of carbonyl (C=O) groups is 1. The van der Waals surface area contributed by atoms with Crippen molar-refractivity contribution < 1.29 is 9.21 Å². The molecule has 0 spiro atoms. The summed E-state index contributed by atoms with van der Waals surface area (Å²) < 4.78 is 7.19. The van der Waals surface area contributed by atoms with Crippen molar-refractivity contribution in [1.29, 1.82) is 0 Å². The molecule has 0 unspecified atom stereocenters. The molecule has 0 aliphatic heterocycles. The van der Waals surface area contributed by atoms with Gasteiger partial charge in [-0.2, -0.15) is 5.10 Å². The van der Waals surface area contributed by atoms with Gasteiger partial charge in [0.25, 0.3) is 5.91 Å². The highest BCUT2D eigenvalue weighted by molar-refractivity contribution is 6.30. The smallest absolute Gasteiger partial charge is 0.274 e. The molecule has 0 saturated heterocycles. The lowest BCUT2D eigenvalue weighted by Crippen LogP contribution is -2.39. The molecule has 3 rings (SSSR count). The fourth-order valence-electron chi connectivity index (χ4n) is 2.86. The van der Waals surface area contributed by atoms with Crippen LogP contribution in [-0.2, 0) is 0 Å². The molecular formula is C20H23ClN4O2. The van der Waals surface area contributed by atoms with Crippen LogP contribution in [0.1, 0.15) is 24.3 Å². The van der Waals surface area contributed by atoms with Gasteiger partial charge in [0, 0.05) is 24.7 Å². The molecule has 2 heterocycles. The highest BCUT2D eigenvalue weighted by Crippen LogP contribution is 2.26. The van der Waals surface area contributed by atoms with Gasteiger partial charge < -0.3 is 15.1 Å². The van der Waals surface area contributed by atoms with Gasteiger partial charge in [-0.1, -0.05) is 31.5 Å². The lowest BCUT2D eigenvalue weighted by atomic mass is 9.93. The van der Waals surface area contributed by atoms with Crippen LogP contribution in [-0.4, -0.2) is 40.7 Å². The lowest BCUT2D eigenvalue weighted by Gasteiger charge is -2.28. The third kappa shape index (κ3) is 4.23. The predicted octanol–water partition coefficient (Wildman–Crippen LogP) is 3.84. The molecule has 0 saturated carbocycles. The maximum atomic E-state index is 12.9. The van der Waals surface area contributed by atoms with E-state index in [4.69, 9.17) is 21.8 Å². The van der Waals surface area contributed by atoms with Crippen molar-refractivity contribution in [3.8, 4) is 17.1 Å². The number of hydrogen-bond donors (Lipinski definition) is 1. The summed E-state index contributed by atoms with van der Waals surface area (Å²) in [5.74, 6) is 0.441. The lowest BCUT2D eigenvalue weighted by molar-refractivity contribution is 0.0734. The van der Waals surface area contributed by atoms with Gasteiger partial charge in [0.05, 0.1) is 12.0 Å². The number of furan rings is 1. The van der Waals surface area contributed by atoms with Crippen molar-refractivity contribution in [2.75, 3.05) is 20.1 Å². The summed E-state index contributed by atoms with van der Waals surface area (Å²) in [5.41, 5.74) is 7.37. The Morgan fingerprint density at radius 3 is 2.70 bits per heavy atom. The molecule has 2 aromatic heterocycles. The molecule has 0 radical (unpaired) electrons. The summed E-state index contributed by atoms with van der Waals surface area (Å²) in [5, 5.41) is 5.12. The molecule has 0 bridgehead atoms. The Bertz CT molecular complexity index is 931. The monoisotopic (exact) mass is 386 g/mol. The van der Waals surface area contributed by atoms with E-state index in [0.717, 1.165) is 5.69 Å². The second kappa shape index (κ2) is 7.58. The second-order valence-corrected chi connectivity index (χ2v) is 7.75. The Kier molecular flexibility index (Phi) is 5.39. The van der Waals surface area contributed by atoms with Crippen LogP contribution in [0.3, 0.4) is 0 Å². The SMILES string of the molecule is CN(CC(C)(C)CN)C(=O)c1cc(-c2ccco2)n(-c2cccc(Cl)c2)n1. The van der Waals surface area contributed by atoms with Crippen LogP contribution in [0.4, 0.5) is 0 Å². The van der Waals surface area contributed by atoms with Gasteiger partial charge in [-0.3, -0.25) is 4.79 Å². The standard InChI is InChI=1S/C20H23ClN4O2/c1-20(2,12-22)13-24(3)19(26)16-11-17(18-8-5-9-27-18)25(23-16)15-7-4-6-14(21)10-15/h4-11H,12-13,22H2,1-3H3. The maximum Gasteiger partial charge on any atom is 0.274 e. The normalized spacial score (nSPS) is 11.6. The molecule has 27 heavy (non-hydrogen) atoms. The molecule has 1 aromatic carbocycles. The largest absolute Gasteiger partial charge is 0.463 e. The van der Waals surface area contributed by atoms with Crippen LogP contribution in [0.15, 0.2) is 53.1 Å². The van der Waals surface area contributed by atoms with E-state index in [1.54, 1.807) is 47.2 Å². The van der Waals surface area contributed by atoms with Crippen molar-refractivity contribution in [3.05, 3.63) is 59.4 Å². The van der Waals surface area contributed by atoms with Crippen LogP contribution in [0.2, 0.25) is 5.02 Å². The van der Waals surface area contributed by atoms with Gasteiger partial charge in [0.2, 0.25) is 0 Å². The summed E-state index contributed by atoms with van der Waals surface area (Å²) in [6.45, 7) is 5.06. The number of nitrogens with two attached hydrogens (primary N) is 1. The number of hydrogen-bond acceptors (Lipinski definition) is 4. The zero-order chi connectivity index (χ0) is 19.6. The van der Waals surface area contributed by atoms with Crippen LogP contribution >= 0.6 is 11.6 Å². The number of rotatable bonds is 6. The molecule has 0 fully saturated rings. The number of halogens is 1. The third-order valence-corrected chi connectivity index (χ3v) is 4.55. The molecule has 0 aliphatic carbocycles. The topological polar surface area (TPSA) is 77.3 Å². The van der Waals surface area contributed by atoms with Crippen molar-refractivity contribution in [3.63, 3.8) is 0 Å². The first-order chi connectivity index (χ1) is 12.8. The molecular weight excluding hydrogens is 364 g/mol. The summed E-state index contributed by atoms with van der Waals surface area (Å²) in [4.78, 5) is 14.6. The number of amides is 1.